The highest BCUT2D eigenvalue weighted by Crippen LogP contribution is 2.50. The molecule has 0 saturated heterocycles. The molecule has 2 heterocycles. The van der Waals surface area contributed by atoms with Gasteiger partial charge in [-0.2, -0.15) is 4.31 Å². The second-order valence-corrected chi connectivity index (χ2v) is 10.5. The van der Waals surface area contributed by atoms with Crippen molar-refractivity contribution in [1.29, 1.82) is 0 Å². The predicted octanol–water partition coefficient (Wildman–Crippen LogP) is 3.81. The number of benzene rings is 1. The molecule has 9 heteroatoms. The zero-order chi connectivity index (χ0) is 24.2. The monoisotopic (exact) mass is 480 g/mol. The number of aliphatic carboxylic acids is 1. The molecule has 178 valence electrons. The maximum atomic E-state index is 13.5. The number of sulfonamides is 1. The van der Waals surface area contributed by atoms with Crippen LogP contribution in [-0.4, -0.2) is 40.3 Å². The van der Waals surface area contributed by atoms with Gasteiger partial charge < -0.3 is 10.4 Å². The second-order valence-electron chi connectivity index (χ2n) is 8.55. The van der Waals surface area contributed by atoms with Crippen molar-refractivity contribution in [3.63, 3.8) is 0 Å². The predicted molar refractivity (Wildman–Crippen MR) is 129 cm³/mol. The Labute approximate surface area is 199 Å². The van der Waals surface area contributed by atoms with Crippen molar-refractivity contribution in [2.24, 2.45) is 0 Å². The molecule has 1 saturated carbocycles. The molecular formula is C25H28N4O4S. The normalized spacial score (nSPS) is 14.6. The number of carboxylic acid groups (broad SMARTS) is 1. The second kappa shape index (κ2) is 9.90. The zero-order valence-corrected chi connectivity index (χ0v) is 19.8. The number of carbonyl (C=O) groups is 1. The van der Waals surface area contributed by atoms with Crippen LogP contribution in [-0.2, 0) is 33.3 Å². The summed E-state index contributed by atoms with van der Waals surface area (Å²) in [5.41, 5.74) is 2.97. The third-order valence-electron chi connectivity index (χ3n) is 6.29. The van der Waals surface area contributed by atoms with Crippen molar-refractivity contribution in [3.05, 3.63) is 83.8 Å². The van der Waals surface area contributed by atoms with Crippen LogP contribution < -0.4 is 5.32 Å². The molecule has 34 heavy (non-hydrogen) atoms. The summed E-state index contributed by atoms with van der Waals surface area (Å²) in [5, 5.41) is 11.6. The Hall–Kier alpha value is -3.30. The van der Waals surface area contributed by atoms with Crippen LogP contribution in [0, 0.1) is 0 Å². The summed E-state index contributed by atoms with van der Waals surface area (Å²) in [4.78, 5) is 19.3. The average Bonchev–Trinajstić information content (AvgIpc) is 3.65. The number of anilines is 1. The van der Waals surface area contributed by atoms with Gasteiger partial charge in [0, 0.05) is 18.9 Å². The van der Waals surface area contributed by atoms with Crippen LogP contribution >= 0.6 is 0 Å². The van der Waals surface area contributed by atoms with E-state index in [1.807, 2.05) is 12.1 Å². The molecule has 3 aromatic rings. The van der Waals surface area contributed by atoms with Crippen molar-refractivity contribution in [1.82, 2.24) is 14.3 Å². The highest BCUT2D eigenvalue weighted by molar-refractivity contribution is 7.89. The molecule has 0 aliphatic heterocycles. The summed E-state index contributed by atoms with van der Waals surface area (Å²) >= 11 is 0. The summed E-state index contributed by atoms with van der Waals surface area (Å²) < 4.78 is 28.3. The highest BCUT2D eigenvalue weighted by Gasteiger charge is 2.42. The van der Waals surface area contributed by atoms with Gasteiger partial charge in [-0.3, -0.25) is 9.78 Å². The topological polar surface area (TPSA) is 112 Å². The van der Waals surface area contributed by atoms with E-state index in [0.717, 1.165) is 12.0 Å². The molecule has 0 radical (unpaired) electrons. The van der Waals surface area contributed by atoms with Crippen LogP contribution in [0.1, 0.15) is 43.0 Å². The molecule has 8 nitrogen and oxygen atoms in total. The lowest BCUT2D eigenvalue weighted by Gasteiger charge is -2.23. The number of pyridine rings is 2. The molecule has 4 rings (SSSR count). The van der Waals surface area contributed by atoms with Gasteiger partial charge in [-0.1, -0.05) is 37.3 Å². The highest BCUT2D eigenvalue weighted by atomic mass is 32.2. The molecular weight excluding hydrogens is 452 g/mol. The van der Waals surface area contributed by atoms with Crippen LogP contribution in [0.3, 0.4) is 0 Å². The van der Waals surface area contributed by atoms with Crippen molar-refractivity contribution >= 4 is 21.8 Å². The maximum absolute atomic E-state index is 13.5. The van der Waals surface area contributed by atoms with Crippen LogP contribution in [0.5, 0.6) is 0 Å². The molecule has 1 aromatic carbocycles. The first kappa shape index (κ1) is 23.8. The third kappa shape index (κ3) is 5.43. The molecule has 1 aliphatic carbocycles. The fraction of sp³-hybridized carbons (Fsp3) is 0.320. The summed E-state index contributed by atoms with van der Waals surface area (Å²) in [5.74, 6) is -0.634. The lowest BCUT2D eigenvalue weighted by Crippen LogP contribution is -2.31. The van der Waals surface area contributed by atoms with Crippen molar-refractivity contribution in [3.8, 4) is 0 Å². The molecule has 0 bridgehead atoms. The average molecular weight is 481 g/mol. The minimum absolute atomic E-state index is 0.0282. The molecule has 2 aromatic heterocycles. The van der Waals surface area contributed by atoms with E-state index in [2.05, 4.69) is 34.3 Å². The molecule has 2 N–H and O–H groups in total. The standard InChI is InChI=1S/C25H28N4O4S/c1-2-25(12-13-25)20-10-8-19(9-11-20)17-29(34(32,33)22-6-4-14-26-15-22)18-21-5-3-7-23(28-21)27-16-24(30)31/h3-11,14-15H,2,12-13,16-18H2,1H3,(H,27,28)(H,30,31). The lowest BCUT2D eigenvalue weighted by molar-refractivity contribution is -0.134. The Morgan fingerprint density at radius 3 is 2.47 bits per heavy atom. The minimum atomic E-state index is -3.85. The molecule has 1 fully saturated rings. The van der Waals surface area contributed by atoms with Gasteiger partial charge in [-0.15, -0.1) is 0 Å². The SMILES string of the molecule is CCC1(c2ccc(CN(Cc3cccc(NCC(=O)O)n3)S(=O)(=O)c3cccnc3)cc2)CC1. The van der Waals surface area contributed by atoms with Crippen LogP contribution in [0.25, 0.3) is 0 Å². The number of carboxylic acids is 1. The minimum Gasteiger partial charge on any atom is -0.480 e. The first-order valence-electron chi connectivity index (χ1n) is 11.2. The van der Waals surface area contributed by atoms with Crippen molar-refractivity contribution in [2.75, 3.05) is 11.9 Å². The van der Waals surface area contributed by atoms with Gasteiger partial charge in [0.15, 0.2) is 0 Å². The van der Waals surface area contributed by atoms with Gasteiger partial charge in [0.05, 0.1) is 12.2 Å². The van der Waals surface area contributed by atoms with Gasteiger partial charge >= 0.3 is 5.97 Å². The smallest absolute Gasteiger partial charge is 0.322 e. The van der Waals surface area contributed by atoms with E-state index in [0.29, 0.717) is 11.5 Å². The number of hydrogen-bond donors (Lipinski definition) is 2. The Morgan fingerprint density at radius 2 is 1.85 bits per heavy atom. The van der Waals surface area contributed by atoms with E-state index in [9.17, 15) is 13.2 Å². The number of rotatable bonds is 11. The quantitative estimate of drug-likeness (QED) is 0.429. The summed E-state index contributed by atoms with van der Waals surface area (Å²) in [6, 6.07) is 16.4. The van der Waals surface area contributed by atoms with Gasteiger partial charge in [0.1, 0.15) is 17.3 Å². The van der Waals surface area contributed by atoms with E-state index >= 15 is 0 Å². The number of aromatic nitrogens is 2. The summed E-state index contributed by atoms with van der Waals surface area (Å²) in [7, 11) is -3.85. The molecule has 0 atom stereocenters. The van der Waals surface area contributed by atoms with Gasteiger partial charge in [-0.25, -0.2) is 13.4 Å². The molecule has 0 spiro atoms. The zero-order valence-electron chi connectivity index (χ0n) is 19.0. The van der Waals surface area contributed by atoms with E-state index in [1.165, 1.54) is 41.2 Å². The Balaban J connectivity index is 1.60. The van der Waals surface area contributed by atoms with Gasteiger partial charge in [0.2, 0.25) is 10.0 Å². The van der Waals surface area contributed by atoms with Crippen molar-refractivity contribution in [2.45, 2.75) is 49.6 Å². The number of hydrogen-bond acceptors (Lipinski definition) is 6. The summed E-state index contributed by atoms with van der Waals surface area (Å²) in [6.07, 6.45) is 6.36. The molecule has 0 amide bonds. The largest absolute Gasteiger partial charge is 0.480 e. The van der Waals surface area contributed by atoms with Crippen molar-refractivity contribution < 1.29 is 18.3 Å². The van der Waals surface area contributed by atoms with Crippen LogP contribution in [0.15, 0.2) is 71.9 Å². The summed E-state index contributed by atoms with van der Waals surface area (Å²) in [6.45, 7) is 2.13. The number of nitrogens with one attached hydrogen (secondary N) is 1. The lowest BCUT2D eigenvalue weighted by atomic mass is 9.92. The Kier molecular flexibility index (Phi) is 6.95. The fourth-order valence-electron chi connectivity index (χ4n) is 4.05. The van der Waals surface area contributed by atoms with Crippen LogP contribution in [0.4, 0.5) is 5.82 Å². The number of nitrogens with zero attached hydrogens (tertiary/aromatic N) is 3. The van der Waals surface area contributed by atoms with Gasteiger partial charge in [-0.05, 0) is 60.1 Å². The third-order valence-corrected chi connectivity index (χ3v) is 8.07. The first-order valence-corrected chi connectivity index (χ1v) is 12.7. The Morgan fingerprint density at radius 1 is 1.09 bits per heavy atom. The first-order chi connectivity index (χ1) is 16.3. The molecule has 1 aliphatic rings. The molecule has 0 unspecified atom stereocenters. The van der Waals surface area contributed by atoms with E-state index in [1.54, 1.807) is 24.3 Å². The van der Waals surface area contributed by atoms with Crippen LogP contribution in [0.2, 0.25) is 0 Å². The van der Waals surface area contributed by atoms with Gasteiger partial charge in [0.25, 0.3) is 0 Å². The van der Waals surface area contributed by atoms with E-state index < -0.39 is 16.0 Å². The maximum Gasteiger partial charge on any atom is 0.322 e. The van der Waals surface area contributed by atoms with E-state index in [-0.39, 0.29) is 29.9 Å². The van der Waals surface area contributed by atoms with E-state index in [4.69, 9.17) is 5.11 Å². The fourth-order valence-corrected chi connectivity index (χ4v) is 5.42. The Bertz CT molecular complexity index is 1240.